The normalized spacial score (nSPS) is 26.4. The maximum atomic E-state index is 15.2. The summed E-state index contributed by atoms with van der Waals surface area (Å²) in [7, 11) is 1.58. The third kappa shape index (κ3) is 12.8. The van der Waals surface area contributed by atoms with Crippen LogP contribution in [0.2, 0.25) is 0 Å². The molecule has 1 saturated carbocycles. The number of alkyl halides is 3. The molecule has 10 rings (SSSR count). The number of pyridine rings is 1. The van der Waals surface area contributed by atoms with Crippen LogP contribution >= 0.6 is 0 Å². The quantitative estimate of drug-likeness (QED) is 0.190. The minimum Gasteiger partial charge on any atom is -0.464 e. The van der Waals surface area contributed by atoms with Crippen LogP contribution in [0.25, 0.3) is 27.7 Å². The molecule has 17 nitrogen and oxygen atoms in total. The summed E-state index contributed by atoms with van der Waals surface area (Å²) < 4.78 is 64.8. The first kappa shape index (κ1) is 57.9. The van der Waals surface area contributed by atoms with Crippen LogP contribution in [-0.2, 0) is 41.6 Å². The van der Waals surface area contributed by atoms with Gasteiger partial charge in [0.1, 0.15) is 24.2 Å². The fourth-order valence-electron chi connectivity index (χ4n) is 13.4. The molecule has 7 aliphatic rings. The third-order valence-corrected chi connectivity index (χ3v) is 17.7. The van der Waals surface area contributed by atoms with E-state index in [0.717, 1.165) is 55.8 Å². The van der Waals surface area contributed by atoms with E-state index in [1.54, 1.807) is 18.1 Å². The van der Waals surface area contributed by atoms with Crippen LogP contribution in [0.4, 0.5) is 23.7 Å². The van der Waals surface area contributed by atoms with Gasteiger partial charge >= 0.3 is 18.2 Å². The number of hydrogen-bond acceptors (Lipinski definition) is 13. The van der Waals surface area contributed by atoms with Crippen molar-refractivity contribution in [2.24, 2.45) is 16.7 Å². The Kier molecular flexibility index (Phi) is 16.5. The molecule has 2 aromatic heterocycles. The summed E-state index contributed by atoms with van der Waals surface area (Å²) in [5.41, 5.74) is 6.84. The summed E-state index contributed by atoms with van der Waals surface area (Å²) in [6.45, 7) is 21.3. The lowest BCUT2D eigenvalue weighted by Gasteiger charge is -2.38. The Morgan fingerprint density at radius 3 is 2.40 bits per heavy atom. The van der Waals surface area contributed by atoms with Crippen molar-refractivity contribution in [2.45, 2.75) is 155 Å². The van der Waals surface area contributed by atoms with Gasteiger partial charge < -0.3 is 33.9 Å². The van der Waals surface area contributed by atoms with Crippen LogP contribution in [0, 0.1) is 16.7 Å². The first-order valence-electron chi connectivity index (χ1n) is 29.3. The van der Waals surface area contributed by atoms with Crippen LogP contribution < -0.4 is 15.6 Å². The van der Waals surface area contributed by atoms with E-state index in [-0.39, 0.29) is 48.8 Å². The SMILES string of the molecule is CO[C@@H](C)c1ncc(N2CCN(C3CC3)CC2)cc1-c1c2c3cc(ccc3n1CC(F)(F)F)C1=CCCN(C1)C[C@H](NC(=O)[C@H](C(C)C)N1CC[C@]3(CCN(C(=O)OC(C)(C)C)C3)C1)C(=O)N1CCC[C@H](N1)C(=O)OCC(C)(C)C2. The van der Waals surface area contributed by atoms with Crippen molar-refractivity contribution in [1.82, 2.24) is 44.9 Å². The van der Waals surface area contributed by atoms with Crippen molar-refractivity contribution in [3.05, 3.63) is 53.4 Å². The zero-order valence-electron chi connectivity index (χ0n) is 48.6. The molecule has 6 atom stereocenters. The van der Waals surface area contributed by atoms with Crippen LogP contribution in [0.5, 0.6) is 0 Å². The van der Waals surface area contributed by atoms with E-state index in [1.807, 2.05) is 79.8 Å². The number of likely N-dealkylation sites (tertiary alicyclic amines) is 2. The monoisotopic (exact) mass is 1110 g/mol. The molecular weight excluding hydrogens is 1030 g/mol. The zero-order valence-corrected chi connectivity index (χ0v) is 48.6. The number of halogens is 3. The van der Waals surface area contributed by atoms with Gasteiger partial charge in [0.15, 0.2) is 0 Å². The lowest BCUT2D eigenvalue weighted by atomic mass is 9.84. The van der Waals surface area contributed by atoms with Crippen molar-refractivity contribution in [1.29, 1.82) is 0 Å². The fraction of sp³-hybridized carbons (Fsp3) is 0.683. The zero-order chi connectivity index (χ0) is 57.1. The Labute approximate surface area is 469 Å². The van der Waals surface area contributed by atoms with Gasteiger partial charge in [-0.2, -0.15) is 13.2 Å². The second-order valence-corrected chi connectivity index (χ2v) is 26.2. The van der Waals surface area contributed by atoms with Crippen molar-refractivity contribution in [2.75, 3.05) is 97.2 Å². The van der Waals surface area contributed by atoms with E-state index < -0.39 is 53.9 Å². The molecule has 80 heavy (non-hydrogen) atoms. The number of ether oxygens (including phenoxy) is 3. The fourth-order valence-corrected chi connectivity index (χ4v) is 13.4. The highest BCUT2D eigenvalue weighted by atomic mass is 19.4. The highest BCUT2D eigenvalue weighted by molar-refractivity contribution is 5.95. The molecule has 0 radical (unpaired) electrons. The Morgan fingerprint density at radius 2 is 1.70 bits per heavy atom. The van der Waals surface area contributed by atoms with Gasteiger partial charge in [0.25, 0.3) is 5.91 Å². The number of nitrogens with zero attached hydrogens (tertiary/aromatic N) is 8. The maximum Gasteiger partial charge on any atom is 0.410 e. The third-order valence-electron chi connectivity index (χ3n) is 17.7. The van der Waals surface area contributed by atoms with Crippen LogP contribution in [0.1, 0.15) is 123 Å². The largest absolute Gasteiger partial charge is 0.464 e. The first-order chi connectivity index (χ1) is 37.9. The predicted molar refractivity (Wildman–Crippen MR) is 300 cm³/mol. The van der Waals surface area contributed by atoms with E-state index in [0.29, 0.717) is 105 Å². The molecule has 1 spiro atoms. The second-order valence-electron chi connectivity index (χ2n) is 26.2. The number of piperazine rings is 1. The summed E-state index contributed by atoms with van der Waals surface area (Å²) in [6, 6.07) is 5.91. The predicted octanol–water partition coefficient (Wildman–Crippen LogP) is 7.81. The number of hydrazine groups is 1. The van der Waals surface area contributed by atoms with Crippen LogP contribution in [0.3, 0.4) is 0 Å². The summed E-state index contributed by atoms with van der Waals surface area (Å²) in [5, 5.41) is 5.36. The number of nitrogens with one attached hydrogen (secondary N) is 2. The number of amides is 3. The van der Waals surface area contributed by atoms with Crippen molar-refractivity contribution >= 4 is 46.0 Å². The number of carbonyl (C=O) groups is 4. The van der Waals surface area contributed by atoms with E-state index >= 15 is 13.2 Å². The summed E-state index contributed by atoms with van der Waals surface area (Å²) in [4.78, 5) is 73.2. The molecule has 5 fully saturated rings. The van der Waals surface area contributed by atoms with Crippen molar-refractivity contribution in [3.8, 4) is 11.3 Å². The van der Waals surface area contributed by atoms with Crippen molar-refractivity contribution in [3.63, 3.8) is 0 Å². The number of rotatable bonds is 10. The van der Waals surface area contributed by atoms with Gasteiger partial charge in [0.2, 0.25) is 5.91 Å². The van der Waals surface area contributed by atoms with E-state index in [1.165, 1.54) is 22.4 Å². The minimum atomic E-state index is -4.59. The van der Waals surface area contributed by atoms with Gasteiger partial charge in [-0.15, -0.1) is 0 Å². The molecule has 2 N–H and O–H groups in total. The number of hydrogen-bond donors (Lipinski definition) is 2. The van der Waals surface area contributed by atoms with Gasteiger partial charge in [0, 0.05) is 112 Å². The van der Waals surface area contributed by atoms with Gasteiger partial charge in [-0.25, -0.2) is 10.2 Å². The highest BCUT2D eigenvalue weighted by Crippen LogP contribution is 2.45. The molecule has 1 unspecified atom stereocenters. The number of cyclic esters (lactones) is 1. The highest BCUT2D eigenvalue weighted by Gasteiger charge is 2.49. The Morgan fingerprint density at radius 1 is 0.950 bits per heavy atom. The Bertz CT molecular complexity index is 2830. The molecule has 438 valence electrons. The number of esters is 1. The average molecular weight is 1120 g/mol. The number of benzene rings is 1. The summed E-state index contributed by atoms with van der Waals surface area (Å²) in [5.74, 6) is -1.28. The Balaban J connectivity index is 0.997. The van der Waals surface area contributed by atoms with Gasteiger partial charge in [-0.3, -0.25) is 39.1 Å². The number of aromatic nitrogens is 2. The number of anilines is 1. The molecule has 20 heteroatoms. The summed E-state index contributed by atoms with van der Waals surface area (Å²) in [6.07, 6.45) is 4.37. The lowest BCUT2D eigenvalue weighted by Crippen LogP contribution is -2.63. The Hall–Kier alpha value is -5.28. The first-order valence-corrected chi connectivity index (χ1v) is 29.3. The molecule has 6 aliphatic heterocycles. The van der Waals surface area contributed by atoms with E-state index in [2.05, 4.69) is 36.4 Å². The lowest BCUT2D eigenvalue weighted by molar-refractivity contribution is -0.155. The minimum absolute atomic E-state index is 0.0554. The molecule has 8 heterocycles. The van der Waals surface area contributed by atoms with Crippen LogP contribution in [-0.4, -0.2) is 186 Å². The molecule has 1 aromatic carbocycles. The number of carbonyl (C=O) groups excluding carboxylic acids is 4. The smallest absolute Gasteiger partial charge is 0.410 e. The molecule has 1 aliphatic carbocycles. The maximum absolute atomic E-state index is 15.2. The molecule has 3 amide bonds. The average Bonchev–Trinajstić information content (AvgIpc) is 4.07. The summed E-state index contributed by atoms with van der Waals surface area (Å²) >= 11 is 0. The standard InChI is InChI=1S/C60H85F3N10O7/c1-38(2)51(70-22-18-59(34-70)19-23-71(35-59)56(77)80-57(4,5)6)53(74)65-48-33-67-20-10-12-41(32-67)40-14-17-49-44(28-40)46(30-58(7,8)37-79-55(76)47-13-11-21-73(66-47)54(48)75)52(72(49)36-60(61,62)63)45-29-43(31-64-50(45)39(3)78-9)69-26-24-68(25-27-69)42-15-16-42/h12,14,17,28-29,31,38-39,42,47-48,51,66H,10-11,13,15-16,18-27,30,32-37H2,1-9H3,(H,65,74)/t39-,47-,48-,51-,59-/m0/s1. The topological polar surface area (TPSA) is 157 Å². The van der Waals surface area contributed by atoms with E-state index in [4.69, 9.17) is 19.2 Å². The van der Waals surface area contributed by atoms with Gasteiger partial charge in [-0.1, -0.05) is 39.8 Å². The van der Waals surface area contributed by atoms with Crippen LogP contribution in [0.15, 0.2) is 36.5 Å². The number of methoxy groups -OCH3 is 1. The molecule has 6 bridgehead atoms. The van der Waals surface area contributed by atoms with Gasteiger partial charge in [0.05, 0.1) is 42.0 Å². The molecule has 3 aromatic rings. The van der Waals surface area contributed by atoms with Gasteiger partial charge in [-0.05, 0) is 126 Å². The van der Waals surface area contributed by atoms with Crippen molar-refractivity contribution < 1.29 is 46.6 Å². The second kappa shape index (κ2) is 22.8. The molecule has 4 saturated heterocycles. The molecular formula is C60H85F3N10O7. The number of fused-ring (bicyclic) bond motifs is 6. The van der Waals surface area contributed by atoms with E-state index in [9.17, 15) is 19.2 Å².